The molecule has 0 bridgehead atoms. The highest BCUT2D eigenvalue weighted by Gasteiger charge is 2.18. The van der Waals surface area contributed by atoms with Gasteiger partial charge in [0, 0.05) is 20.0 Å². The number of rotatable bonds is 5. The molecule has 4 aromatic rings. The van der Waals surface area contributed by atoms with Crippen LogP contribution in [0.3, 0.4) is 0 Å². The van der Waals surface area contributed by atoms with E-state index in [4.69, 9.17) is 0 Å². The minimum atomic E-state index is -0.340. The van der Waals surface area contributed by atoms with Gasteiger partial charge < -0.3 is 5.32 Å². The monoisotopic (exact) mass is 409 g/mol. The molecule has 1 amide bonds. The van der Waals surface area contributed by atoms with Gasteiger partial charge in [-0.15, -0.1) is 11.3 Å². The summed E-state index contributed by atoms with van der Waals surface area (Å²) in [6.07, 6.45) is 1.50. The van der Waals surface area contributed by atoms with E-state index in [9.17, 15) is 14.4 Å². The first kappa shape index (κ1) is 18.9. The van der Waals surface area contributed by atoms with Crippen molar-refractivity contribution < 1.29 is 4.79 Å². The Hall–Kier alpha value is -3.46. The summed E-state index contributed by atoms with van der Waals surface area (Å²) in [6, 6.07) is 10.9. The molecule has 9 heteroatoms. The summed E-state index contributed by atoms with van der Waals surface area (Å²) in [5.74, 6) is -0.340. The number of amides is 1. The molecule has 29 heavy (non-hydrogen) atoms. The smallest absolute Gasteiger partial charge is 0.295 e. The van der Waals surface area contributed by atoms with Gasteiger partial charge in [0.2, 0.25) is 5.91 Å². The molecule has 0 aliphatic carbocycles. The summed E-state index contributed by atoms with van der Waals surface area (Å²) in [4.78, 5) is 42.7. The Morgan fingerprint density at radius 2 is 1.90 bits per heavy atom. The maximum Gasteiger partial charge on any atom is 0.295 e. The molecule has 0 unspecified atom stereocenters. The van der Waals surface area contributed by atoms with E-state index in [0.717, 1.165) is 0 Å². The second kappa shape index (κ2) is 7.51. The molecule has 8 nitrogen and oxygen atoms in total. The van der Waals surface area contributed by atoms with Crippen molar-refractivity contribution in [3.8, 4) is 5.69 Å². The van der Waals surface area contributed by atoms with E-state index < -0.39 is 0 Å². The van der Waals surface area contributed by atoms with Crippen molar-refractivity contribution in [3.63, 3.8) is 0 Å². The third-order valence-electron chi connectivity index (χ3n) is 4.85. The average molecular weight is 409 g/mol. The van der Waals surface area contributed by atoms with Crippen molar-refractivity contribution in [1.29, 1.82) is 0 Å². The molecule has 0 spiro atoms. The van der Waals surface area contributed by atoms with Crippen molar-refractivity contribution >= 4 is 33.1 Å². The third-order valence-corrected chi connectivity index (χ3v) is 5.67. The maximum absolute atomic E-state index is 12.9. The molecule has 0 saturated carbocycles. The fraction of sp³-hybridized carbons (Fsp3) is 0.200. The highest BCUT2D eigenvalue weighted by atomic mass is 32.1. The Balaban J connectivity index is 1.53. The quantitative estimate of drug-likeness (QED) is 0.548. The lowest BCUT2D eigenvalue weighted by molar-refractivity contribution is -0.116. The number of hydrogen-bond acceptors (Lipinski definition) is 5. The number of carbonyl (C=O) groups excluding carboxylic acids is 1. The summed E-state index contributed by atoms with van der Waals surface area (Å²) >= 11 is 1.40. The van der Waals surface area contributed by atoms with Crippen molar-refractivity contribution in [2.24, 2.45) is 7.05 Å². The number of carbonyl (C=O) groups is 1. The molecule has 1 N–H and O–H groups in total. The summed E-state index contributed by atoms with van der Waals surface area (Å²) < 4.78 is 4.62. The molecule has 0 aliphatic heterocycles. The topological polar surface area (TPSA) is 90.9 Å². The summed E-state index contributed by atoms with van der Waals surface area (Å²) in [5, 5.41) is 5.06. The predicted octanol–water partition coefficient (Wildman–Crippen LogP) is 2.28. The van der Waals surface area contributed by atoms with Crippen molar-refractivity contribution in [2.45, 2.75) is 19.9 Å². The number of fused-ring (bicyclic) bond motifs is 1. The van der Waals surface area contributed by atoms with Crippen molar-refractivity contribution in [3.05, 3.63) is 74.5 Å². The number of aromatic nitrogens is 4. The molecule has 0 aliphatic rings. The van der Waals surface area contributed by atoms with E-state index in [1.54, 1.807) is 24.7 Å². The number of thiophene rings is 1. The second-order valence-corrected chi connectivity index (χ2v) is 7.51. The number of para-hydroxylation sites is 1. The molecule has 148 valence electrons. The van der Waals surface area contributed by atoms with Crippen LogP contribution in [0.1, 0.15) is 12.1 Å². The largest absolute Gasteiger partial charge is 0.320 e. The molecule has 0 atom stereocenters. The Morgan fingerprint density at radius 3 is 2.66 bits per heavy atom. The number of benzene rings is 1. The van der Waals surface area contributed by atoms with Gasteiger partial charge in [0.15, 0.2) is 0 Å². The van der Waals surface area contributed by atoms with Crippen LogP contribution in [-0.2, 0) is 18.4 Å². The van der Waals surface area contributed by atoms with E-state index >= 15 is 0 Å². The van der Waals surface area contributed by atoms with Crippen LogP contribution in [0.2, 0.25) is 0 Å². The number of nitrogens with one attached hydrogen (secondary N) is 1. The Morgan fingerprint density at radius 1 is 1.14 bits per heavy atom. The first-order valence-electron chi connectivity index (χ1n) is 9.04. The minimum Gasteiger partial charge on any atom is -0.320 e. The number of hydrogen-bond donors (Lipinski definition) is 1. The Kier molecular flexibility index (Phi) is 4.89. The van der Waals surface area contributed by atoms with Crippen LogP contribution in [0.5, 0.6) is 0 Å². The van der Waals surface area contributed by atoms with Crippen LogP contribution < -0.4 is 16.4 Å². The summed E-state index contributed by atoms with van der Waals surface area (Å²) in [7, 11) is 1.76. The number of anilines is 1. The number of aryl methyl sites for hydroxylation is 1. The first-order chi connectivity index (χ1) is 14.0. The lowest BCUT2D eigenvalue weighted by atomic mass is 10.3. The maximum atomic E-state index is 12.9. The third kappa shape index (κ3) is 3.40. The van der Waals surface area contributed by atoms with E-state index in [1.807, 2.05) is 35.7 Å². The zero-order valence-corrected chi connectivity index (χ0v) is 16.8. The van der Waals surface area contributed by atoms with Crippen LogP contribution >= 0.6 is 11.3 Å². The highest BCUT2D eigenvalue weighted by Crippen LogP contribution is 2.15. The fourth-order valence-electron chi connectivity index (χ4n) is 3.19. The van der Waals surface area contributed by atoms with Gasteiger partial charge in [-0.2, -0.15) is 0 Å². The molecule has 3 heterocycles. The second-order valence-electron chi connectivity index (χ2n) is 6.62. The predicted molar refractivity (Wildman–Crippen MR) is 113 cm³/mol. The SMILES string of the molecule is Cc1c(NC(=O)CCn2cnc3sccc3c2=O)c(=O)n(-c2ccccc2)n1C. The van der Waals surface area contributed by atoms with E-state index in [0.29, 0.717) is 21.6 Å². The van der Waals surface area contributed by atoms with Gasteiger partial charge >= 0.3 is 0 Å². The van der Waals surface area contributed by atoms with Crippen LogP contribution in [0.4, 0.5) is 5.69 Å². The van der Waals surface area contributed by atoms with Crippen molar-refractivity contribution in [1.82, 2.24) is 18.9 Å². The summed E-state index contributed by atoms with van der Waals surface area (Å²) in [6.45, 7) is 1.96. The molecule has 1 aromatic carbocycles. The van der Waals surface area contributed by atoms with Gasteiger partial charge in [0.25, 0.3) is 11.1 Å². The Bertz CT molecular complexity index is 1310. The molecular weight excluding hydrogens is 390 g/mol. The molecule has 0 radical (unpaired) electrons. The summed E-state index contributed by atoms with van der Waals surface area (Å²) in [5.41, 5.74) is 1.12. The molecule has 4 rings (SSSR count). The van der Waals surface area contributed by atoms with Crippen LogP contribution in [-0.4, -0.2) is 24.8 Å². The fourth-order valence-corrected chi connectivity index (χ4v) is 3.91. The van der Waals surface area contributed by atoms with Crippen molar-refractivity contribution in [2.75, 3.05) is 5.32 Å². The van der Waals surface area contributed by atoms with E-state index in [1.165, 1.54) is 26.9 Å². The zero-order chi connectivity index (χ0) is 20.5. The van der Waals surface area contributed by atoms with Gasteiger partial charge in [-0.25, -0.2) is 9.67 Å². The van der Waals surface area contributed by atoms with Crippen LogP contribution in [0.25, 0.3) is 15.9 Å². The lowest BCUT2D eigenvalue weighted by Gasteiger charge is -2.07. The van der Waals surface area contributed by atoms with Gasteiger partial charge in [-0.3, -0.25) is 23.6 Å². The standard InChI is InChI=1S/C20H19N5O3S/c1-13-17(20(28)25(23(13)2)14-6-4-3-5-7-14)22-16(26)8-10-24-12-21-18-15(19(24)27)9-11-29-18/h3-7,9,11-12H,8,10H2,1-2H3,(H,22,26). The van der Waals surface area contributed by atoms with Crippen LogP contribution in [0.15, 0.2) is 57.7 Å². The molecule has 0 saturated heterocycles. The van der Waals surface area contributed by atoms with Gasteiger partial charge in [-0.1, -0.05) is 18.2 Å². The average Bonchev–Trinajstić information content (AvgIpc) is 3.28. The van der Waals surface area contributed by atoms with Gasteiger partial charge in [0.05, 0.1) is 23.1 Å². The molecule has 3 aromatic heterocycles. The first-order valence-corrected chi connectivity index (χ1v) is 9.92. The minimum absolute atomic E-state index is 0.0519. The number of nitrogens with zero attached hydrogens (tertiary/aromatic N) is 4. The van der Waals surface area contributed by atoms with Gasteiger partial charge in [-0.05, 0) is 30.5 Å². The van der Waals surface area contributed by atoms with Crippen LogP contribution in [0, 0.1) is 6.92 Å². The zero-order valence-electron chi connectivity index (χ0n) is 16.0. The molecular formula is C20H19N5O3S. The van der Waals surface area contributed by atoms with E-state index in [-0.39, 0.29) is 35.7 Å². The Labute approximate surface area is 169 Å². The highest BCUT2D eigenvalue weighted by molar-refractivity contribution is 7.16. The lowest BCUT2D eigenvalue weighted by Crippen LogP contribution is -2.25. The normalized spacial score (nSPS) is 11.1. The van der Waals surface area contributed by atoms with E-state index in [2.05, 4.69) is 10.3 Å². The van der Waals surface area contributed by atoms with Gasteiger partial charge in [0.1, 0.15) is 10.5 Å². The molecule has 0 fully saturated rings.